The van der Waals surface area contributed by atoms with Crippen LogP contribution in [-0.2, 0) is 6.42 Å². The number of thiophene rings is 1. The molecule has 1 atom stereocenters. The number of nitrogens with zero attached hydrogens (tertiary/aromatic N) is 1. The zero-order valence-electron chi connectivity index (χ0n) is 11.6. The third kappa shape index (κ3) is 6.81. The van der Waals surface area contributed by atoms with Crippen LogP contribution in [0, 0.1) is 5.92 Å². The third-order valence-electron chi connectivity index (χ3n) is 2.73. The van der Waals surface area contributed by atoms with Crippen molar-refractivity contribution in [1.29, 1.82) is 0 Å². The molecule has 0 aliphatic carbocycles. The van der Waals surface area contributed by atoms with E-state index in [-0.39, 0.29) is 0 Å². The smallest absolute Gasteiger partial charge is 0.0197 e. The van der Waals surface area contributed by atoms with Gasteiger partial charge in [0.05, 0.1) is 0 Å². The maximum Gasteiger partial charge on any atom is 0.0197 e. The molecule has 0 saturated carbocycles. The first-order valence-electron chi connectivity index (χ1n) is 6.48. The standard InChI is InChI=1S/C14H26N2S/c1-12(2)10-13(11-16(3)4)15-8-7-14-6-5-9-17-14/h5-6,9,12-13,15H,7-8,10-11H2,1-4H3. The molecule has 2 nitrogen and oxygen atoms in total. The second-order valence-electron chi connectivity index (χ2n) is 5.37. The summed E-state index contributed by atoms with van der Waals surface area (Å²) in [4.78, 5) is 3.75. The van der Waals surface area contributed by atoms with Crippen LogP contribution in [0.4, 0.5) is 0 Å². The first-order valence-corrected chi connectivity index (χ1v) is 7.36. The van der Waals surface area contributed by atoms with Crippen molar-refractivity contribution in [3.8, 4) is 0 Å². The van der Waals surface area contributed by atoms with Gasteiger partial charge in [-0.3, -0.25) is 0 Å². The highest BCUT2D eigenvalue weighted by molar-refractivity contribution is 7.09. The molecule has 0 amide bonds. The minimum atomic E-state index is 0.616. The summed E-state index contributed by atoms with van der Waals surface area (Å²) in [5.41, 5.74) is 0. The Labute approximate surface area is 110 Å². The molecule has 0 aromatic carbocycles. The molecule has 1 heterocycles. The van der Waals surface area contributed by atoms with E-state index in [4.69, 9.17) is 0 Å². The predicted octanol–water partition coefficient (Wildman–Crippen LogP) is 2.86. The minimum absolute atomic E-state index is 0.616. The molecule has 17 heavy (non-hydrogen) atoms. The SMILES string of the molecule is CC(C)CC(CN(C)C)NCCc1cccs1. The Balaban J connectivity index is 2.27. The molecule has 98 valence electrons. The van der Waals surface area contributed by atoms with E-state index in [0.29, 0.717) is 6.04 Å². The molecule has 0 fully saturated rings. The van der Waals surface area contributed by atoms with Gasteiger partial charge in [-0.1, -0.05) is 19.9 Å². The van der Waals surface area contributed by atoms with Crippen LogP contribution in [0.3, 0.4) is 0 Å². The van der Waals surface area contributed by atoms with Crippen molar-refractivity contribution in [2.75, 3.05) is 27.2 Å². The van der Waals surface area contributed by atoms with E-state index in [0.717, 1.165) is 25.4 Å². The van der Waals surface area contributed by atoms with Crippen molar-refractivity contribution in [2.24, 2.45) is 5.92 Å². The normalized spacial score (nSPS) is 13.5. The van der Waals surface area contributed by atoms with Crippen LogP contribution in [0.1, 0.15) is 25.1 Å². The summed E-state index contributed by atoms with van der Waals surface area (Å²) in [7, 11) is 4.29. The molecule has 3 heteroatoms. The second-order valence-corrected chi connectivity index (χ2v) is 6.40. The fourth-order valence-electron chi connectivity index (χ4n) is 2.09. The molecular weight excluding hydrogens is 228 g/mol. The quantitative estimate of drug-likeness (QED) is 0.767. The van der Waals surface area contributed by atoms with Gasteiger partial charge in [0.25, 0.3) is 0 Å². The fraction of sp³-hybridized carbons (Fsp3) is 0.714. The van der Waals surface area contributed by atoms with Gasteiger partial charge < -0.3 is 10.2 Å². The largest absolute Gasteiger partial charge is 0.312 e. The van der Waals surface area contributed by atoms with E-state index < -0.39 is 0 Å². The number of hydrogen-bond acceptors (Lipinski definition) is 3. The van der Waals surface area contributed by atoms with Crippen molar-refractivity contribution < 1.29 is 0 Å². The monoisotopic (exact) mass is 254 g/mol. The molecule has 0 radical (unpaired) electrons. The van der Waals surface area contributed by atoms with Crippen LogP contribution in [0.5, 0.6) is 0 Å². The first kappa shape index (κ1) is 14.7. The molecular formula is C14H26N2S. The highest BCUT2D eigenvalue weighted by atomic mass is 32.1. The van der Waals surface area contributed by atoms with E-state index >= 15 is 0 Å². The Bertz CT molecular complexity index is 270. The second kappa shape index (κ2) is 7.85. The van der Waals surface area contributed by atoms with E-state index in [2.05, 4.69) is 55.7 Å². The van der Waals surface area contributed by atoms with Gasteiger partial charge in [0.15, 0.2) is 0 Å². The molecule has 1 rings (SSSR count). The Morgan fingerprint density at radius 1 is 1.35 bits per heavy atom. The lowest BCUT2D eigenvalue weighted by Crippen LogP contribution is -2.40. The molecule has 0 aliphatic heterocycles. The summed E-state index contributed by atoms with van der Waals surface area (Å²) in [5, 5.41) is 5.84. The number of likely N-dealkylation sites (N-methyl/N-ethyl adjacent to an activating group) is 1. The average molecular weight is 254 g/mol. The summed E-state index contributed by atoms with van der Waals surface area (Å²) < 4.78 is 0. The van der Waals surface area contributed by atoms with Crippen molar-refractivity contribution >= 4 is 11.3 Å². The maximum atomic E-state index is 3.69. The van der Waals surface area contributed by atoms with Gasteiger partial charge in [0.2, 0.25) is 0 Å². The third-order valence-corrected chi connectivity index (χ3v) is 3.66. The van der Waals surface area contributed by atoms with Crippen LogP contribution in [0.15, 0.2) is 17.5 Å². The first-order chi connectivity index (χ1) is 8.08. The lowest BCUT2D eigenvalue weighted by Gasteiger charge is -2.24. The molecule has 1 unspecified atom stereocenters. The lowest BCUT2D eigenvalue weighted by molar-refractivity contribution is 0.307. The zero-order chi connectivity index (χ0) is 12.7. The molecule has 0 bridgehead atoms. The van der Waals surface area contributed by atoms with Gasteiger partial charge in [-0.2, -0.15) is 0 Å². The van der Waals surface area contributed by atoms with Gasteiger partial charge in [0, 0.05) is 24.0 Å². The van der Waals surface area contributed by atoms with Gasteiger partial charge in [0.1, 0.15) is 0 Å². The van der Waals surface area contributed by atoms with Crippen LogP contribution >= 0.6 is 11.3 Å². The van der Waals surface area contributed by atoms with Gasteiger partial charge in [-0.25, -0.2) is 0 Å². The summed E-state index contributed by atoms with van der Waals surface area (Å²) in [5.74, 6) is 0.759. The van der Waals surface area contributed by atoms with Gasteiger partial charge in [-0.05, 0) is 44.3 Å². The maximum absolute atomic E-state index is 3.69. The molecule has 0 spiro atoms. The van der Waals surface area contributed by atoms with E-state index in [1.54, 1.807) is 0 Å². The van der Waals surface area contributed by atoms with Crippen LogP contribution in [0.25, 0.3) is 0 Å². The Kier molecular flexibility index (Phi) is 6.78. The molecule has 1 aromatic rings. The van der Waals surface area contributed by atoms with Gasteiger partial charge in [-0.15, -0.1) is 11.3 Å². The van der Waals surface area contributed by atoms with Crippen LogP contribution in [0.2, 0.25) is 0 Å². The number of nitrogens with one attached hydrogen (secondary N) is 1. The Morgan fingerprint density at radius 2 is 2.12 bits per heavy atom. The van der Waals surface area contributed by atoms with E-state index in [1.807, 2.05) is 11.3 Å². The van der Waals surface area contributed by atoms with Crippen molar-refractivity contribution in [3.05, 3.63) is 22.4 Å². The topological polar surface area (TPSA) is 15.3 Å². The van der Waals surface area contributed by atoms with Crippen molar-refractivity contribution in [3.63, 3.8) is 0 Å². The van der Waals surface area contributed by atoms with Crippen molar-refractivity contribution in [2.45, 2.75) is 32.7 Å². The Hall–Kier alpha value is -0.380. The van der Waals surface area contributed by atoms with Crippen LogP contribution in [-0.4, -0.2) is 38.1 Å². The predicted molar refractivity (Wildman–Crippen MR) is 77.8 cm³/mol. The average Bonchev–Trinajstić information content (AvgIpc) is 2.68. The highest BCUT2D eigenvalue weighted by Gasteiger charge is 2.11. The molecule has 0 aliphatic rings. The molecule has 1 aromatic heterocycles. The summed E-state index contributed by atoms with van der Waals surface area (Å²) in [6.45, 7) is 6.81. The summed E-state index contributed by atoms with van der Waals surface area (Å²) in [6.07, 6.45) is 2.41. The highest BCUT2D eigenvalue weighted by Crippen LogP contribution is 2.09. The van der Waals surface area contributed by atoms with Gasteiger partial charge >= 0.3 is 0 Å². The van der Waals surface area contributed by atoms with E-state index in [1.165, 1.54) is 11.3 Å². The fourth-order valence-corrected chi connectivity index (χ4v) is 2.80. The molecule has 0 saturated heterocycles. The number of rotatable bonds is 8. The lowest BCUT2D eigenvalue weighted by atomic mass is 10.0. The minimum Gasteiger partial charge on any atom is -0.312 e. The Morgan fingerprint density at radius 3 is 2.65 bits per heavy atom. The zero-order valence-corrected chi connectivity index (χ0v) is 12.4. The van der Waals surface area contributed by atoms with Crippen molar-refractivity contribution in [1.82, 2.24) is 10.2 Å². The molecule has 1 N–H and O–H groups in total. The summed E-state index contributed by atoms with van der Waals surface area (Å²) >= 11 is 1.85. The van der Waals surface area contributed by atoms with E-state index in [9.17, 15) is 0 Å². The number of hydrogen-bond donors (Lipinski definition) is 1. The van der Waals surface area contributed by atoms with Crippen LogP contribution < -0.4 is 5.32 Å². The summed E-state index contributed by atoms with van der Waals surface area (Å²) in [6, 6.07) is 4.96.